The minimum Gasteiger partial charge on any atom is -0.444 e. The molecule has 1 saturated heterocycles. The molecule has 1 amide bonds. The third kappa shape index (κ3) is 3.84. The number of hydrogen-bond acceptors (Lipinski definition) is 4. The number of hydrogen-bond donors (Lipinski definition) is 1. The highest BCUT2D eigenvalue weighted by atomic mass is 16.6. The Hall–Kier alpha value is -1.72. The molecule has 0 atom stereocenters. The summed E-state index contributed by atoms with van der Waals surface area (Å²) in [6.07, 6.45) is 6.64. The van der Waals surface area contributed by atoms with Crippen LogP contribution in [0, 0.1) is 0 Å². The standard InChI is InChI=1S/C18H30N4O2/c1-18(2,3)24-17(23)21-10-8-13(9-11-21)15-12-16(19)20-22(15)14-6-4-5-7-14/h12-14H,4-11H2,1-3H3,(H2,19,20). The lowest BCUT2D eigenvalue weighted by Crippen LogP contribution is -2.41. The Morgan fingerprint density at radius 1 is 1.21 bits per heavy atom. The quantitative estimate of drug-likeness (QED) is 0.895. The Kier molecular flexibility index (Phi) is 4.74. The van der Waals surface area contributed by atoms with Gasteiger partial charge < -0.3 is 15.4 Å². The lowest BCUT2D eigenvalue weighted by atomic mass is 9.93. The Morgan fingerprint density at radius 3 is 2.42 bits per heavy atom. The molecule has 2 N–H and O–H groups in total. The van der Waals surface area contributed by atoms with Crippen LogP contribution in [0.15, 0.2) is 6.07 Å². The van der Waals surface area contributed by atoms with Crippen molar-refractivity contribution in [3.8, 4) is 0 Å². The van der Waals surface area contributed by atoms with Crippen molar-refractivity contribution < 1.29 is 9.53 Å². The van der Waals surface area contributed by atoms with Gasteiger partial charge in [-0.1, -0.05) is 12.8 Å². The molecule has 1 aromatic rings. The first-order valence-electron chi connectivity index (χ1n) is 9.16. The summed E-state index contributed by atoms with van der Waals surface area (Å²) in [6.45, 7) is 7.17. The maximum atomic E-state index is 12.2. The van der Waals surface area contributed by atoms with E-state index in [2.05, 4.69) is 9.78 Å². The van der Waals surface area contributed by atoms with Crippen molar-refractivity contribution in [1.29, 1.82) is 0 Å². The van der Waals surface area contributed by atoms with Gasteiger partial charge in [0.25, 0.3) is 0 Å². The van der Waals surface area contributed by atoms with E-state index in [4.69, 9.17) is 10.5 Å². The van der Waals surface area contributed by atoms with Gasteiger partial charge in [-0.05, 0) is 46.5 Å². The number of rotatable bonds is 2. The second kappa shape index (κ2) is 6.65. The van der Waals surface area contributed by atoms with Crippen LogP contribution in [-0.4, -0.2) is 39.5 Å². The number of ether oxygens (including phenoxy) is 1. The summed E-state index contributed by atoms with van der Waals surface area (Å²) in [4.78, 5) is 14.0. The topological polar surface area (TPSA) is 73.4 Å². The Balaban J connectivity index is 1.64. The van der Waals surface area contributed by atoms with E-state index in [1.165, 1.54) is 31.4 Å². The van der Waals surface area contributed by atoms with Crippen LogP contribution < -0.4 is 5.73 Å². The summed E-state index contributed by atoms with van der Waals surface area (Å²) in [5.74, 6) is 1.04. The van der Waals surface area contributed by atoms with E-state index >= 15 is 0 Å². The molecule has 0 bridgehead atoms. The van der Waals surface area contributed by atoms with E-state index in [-0.39, 0.29) is 6.09 Å². The number of amides is 1. The molecule has 2 fully saturated rings. The summed E-state index contributed by atoms with van der Waals surface area (Å²) >= 11 is 0. The molecule has 3 rings (SSSR count). The van der Waals surface area contributed by atoms with Crippen LogP contribution in [0.4, 0.5) is 10.6 Å². The number of nitrogens with zero attached hydrogens (tertiary/aromatic N) is 3. The maximum Gasteiger partial charge on any atom is 0.410 e. The van der Waals surface area contributed by atoms with Crippen molar-refractivity contribution in [1.82, 2.24) is 14.7 Å². The van der Waals surface area contributed by atoms with E-state index in [0.717, 1.165) is 25.9 Å². The van der Waals surface area contributed by atoms with Gasteiger partial charge in [0.15, 0.2) is 0 Å². The number of nitrogens with two attached hydrogens (primary N) is 1. The maximum absolute atomic E-state index is 12.2. The van der Waals surface area contributed by atoms with E-state index in [1.807, 2.05) is 31.7 Å². The molecule has 6 nitrogen and oxygen atoms in total. The van der Waals surface area contributed by atoms with E-state index in [1.54, 1.807) is 0 Å². The second-order valence-electron chi connectivity index (χ2n) is 8.12. The summed E-state index contributed by atoms with van der Waals surface area (Å²) in [6, 6.07) is 2.53. The highest BCUT2D eigenvalue weighted by Gasteiger charge is 2.30. The van der Waals surface area contributed by atoms with Crippen molar-refractivity contribution >= 4 is 11.9 Å². The lowest BCUT2D eigenvalue weighted by molar-refractivity contribution is 0.0203. The van der Waals surface area contributed by atoms with E-state index < -0.39 is 5.60 Å². The zero-order valence-corrected chi connectivity index (χ0v) is 15.1. The zero-order valence-electron chi connectivity index (χ0n) is 15.1. The van der Waals surface area contributed by atoms with Gasteiger partial charge in [-0.25, -0.2) is 4.79 Å². The van der Waals surface area contributed by atoms with E-state index in [9.17, 15) is 4.79 Å². The van der Waals surface area contributed by atoms with Crippen LogP contribution in [0.2, 0.25) is 0 Å². The van der Waals surface area contributed by atoms with Crippen LogP contribution in [0.25, 0.3) is 0 Å². The van der Waals surface area contributed by atoms with Gasteiger partial charge in [-0.3, -0.25) is 4.68 Å². The molecule has 1 aliphatic heterocycles. The van der Waals surface area contributed by atoms with Gasteiger partial charge in [0.2, 0.25) is 0 Å². The normalized spacial score (nSPS) is 20.5. The van der Waals surface area contributed by atoms with Gasteiger partial charge in [-0.2, -0.15) is 5.10 Å². The van der Waals surface area contributed by atoms with Crippen LogP contribution in [0.5, 0.6) is 0 Å². The molecular formula is C18H30N4O2. The largest absolute Gasteiger partial charge is 0.444 e. The average Bonchev–Trinajstić information content (AvgIpc) is 3.14. The van der Waals surface area contributed by atoms with Gasteiger partial charge in [0.1, 0.15) is 11.4 Å². The molecule has 0 radical (unpaired) electrons. The van der Waals surface area contributed by atoms with Crippen molar-refractivity contribution in [2.45, 2.75) is 76.9 Å². The van der Waals surface area contributed by atoms with Crippen LogP contribution >= 0.6 is 0 Å². The van der Waals surface area contributed by atoms with Crippen molar-refractivity contribution in [2.24, 2.45) is 0 Å². The SMILES string of the molecule is CC(C)(C)OC(=O)N1CCC(c2cc(N)nn2C2CCCC2)CC1. The summed E-state index contributed by atoms with van der Waals surface area (Å²) in [7, 11) is 0. The minimum absolute atomic E-state index is 0.204. The highest BCUT2D eigenvalue weighted by Crippen LogP contribution is 2.36. The van der Waals surface area contributed by atoms with Crippen molar-refractivity contribution in [3.05, 3.63) is 11.8 Å². The molecule has 0 unspecified atom stereocenters. The fraction of sp³-hybridized carbons (Fsp3) is 0.778. The Labute approximate surface area is 144 Å². The fourth-order valence-corrected chi connectivity index (χ4v) is 3.86. The zero-order chi connectivity index (χ0) is 17.3. The Bertz CT molecular complexity index is 576. The molecule has 1 aliphatic carbocycles. The predicted molar refractivity (Wildman–Crippen MR) is 93.9 cm³/mol. The summed E-state index contributed by atoms with van der Waals surface area (Å²) in [5, 5.41) is 4.56. The molecule has 0 spiro atoms. The molecule has 2 aliphatic rings. The molecule has 134 valence electrons. The molecular weight excluding hydrogens is 304 g/mol. The molecule has 24 heavy (non-hydrogen) atoms. The second-order valence-corrected chi connectivity index (χ2v) is 8.12. The number of anilines is 1. The Morgan fingerprint density at radius 2 is 1.83 bits per heavy atom. The van der Waals surface area contributed by atoms with Crippen LogP contribution in [0.3, 0.4) is 0 Å². The molecule has 6 heteroatoms. The number of likely N-dealkylation sites (tertiary alicyclic amines) is 1. The molecule has 0 aromatic carbocycles. The first-order valence-corrected chi connectivity index (χ1v) is 9.16. The minimum atomic E-state index is -0.441. The number of aromatic nitrogens is 2. The van der Waals surface area contributed by atoms with Gasteiger partial charge in [-0.15, -0.1) is 0 Å². The first kappa shape index (κ1) is 17.1. The summed E-state index contributed by atoms with van der Waals surface area (Å²) < 4.78 is 7.65. The number of piperidine rings is 1. The van der Waals surface area contributed by atoms with Gasteiger partial charge in [0.05, 0.1) is 6.04 Å². The van der Waals surface area contributed by atoms with Gasteiger partial charge >= 0.3 is 6.09 Å². The van der Waals surface area contributed by atoms with Crippen molar-refractivity contribution in [3.63, 3.8) is 0 Å². The lowest BCUT2D eigenvalue weighted by Gasteiger charge is -2.34. The van der Waals surface area contributed by atoms with Gasteiger partial charge in [0, 0.05) is 30.8 Å². The highest BCUT2D eigenvalue weighted by molar-refractivity contribution is 5.68. The molecule has 2 heterocycles. The third-order valence-electron chi connectivity index (χ3n) is 5.02. The monoisotopic (exact) mass is 334 g/mol. The van der Waals surface area contributed by atoms with E-state index in [0.29, 0.717) is 17.8 Å². The van der Waals surface area contributed by atoms with Crippen LogP contribution in [-0.2, 0) is 4.74 Å². The first-order chi connectivity index (χ1) is 11.3. The van der Waals surface area contributed by atoms with Crippen LogP contribution in [0.1, 0.15) is 76.9 Å². The fourth-order valence-electron chi connectivity index (χ4n) is 3.86. The smallest absolute Gasteiger partial charge is 0.410 e. The predicted octanol–water partition coefficient (Wildman–Crippen LogP) is 3.69. The number of carbonyl (C=O) groups excluding carboxylic acids is 1. The van der Waals surface area contributed by atoms with Crippen molar-refractivity contribution in [2.75, 3.05) is 18.8 Å². The molecule has 1 aromatic heterocycles. The summed E-state index contributed by atoms with van der Waals surface area (Å²) in [5.41, 5.74) is 6.79. The molecule has 1 saturated carbocycles. The number of nitrogen functional groups attached to an aromatic ring is 1. The average molecular weight is 334 g/mol. The number of carbonyl (C=O) groups is 1. The third-order valence-corrected chi connectivity index (χ3v) is 5.02.